The van der Waals surface area contributed by atoms with Crippen LogP contribution in [0, 0.1) is 0 Å². The third-order valence-corrected chi connectivity index (χ3v) is 1.76. The van der Waals surface area contributed by atoms with Gasteiger partial charge in [-0.1, -0.05) is 0 Å². The highest BCUT2D eigenvalue weighted by molar-refractivity contribution is 4.89. The van der Waals surface area contributed by atoms with Gasteiger partial charge >= 0.3 is 0 Å². The first-order valence-electron chi connectivity index (χ1n) is 3.64. The minimum Gasteiger partial charge on any atom is -0.333 e. The van der Waals surface area contributed by atoms with Crippen molar-refractivity contribution in [2.75, 3.05) is 27.3 Å². The van der Waals surface area contributed by atoms with Crippen molar-refractivity contribution in [2.45, 2.75) is 19.0 Å². The molecule has 0 atom stereocenters. The van der Waals surface area contributed by atoms with Gasteiger partial charge in [-0.3, -0.25) is 0 Å². The van der Waals surface area contributed by atoms with Gasteiger partial charge in [0.15, 0.2) is 0 Å². The third-order valence-electron chi connectivity index (χ3n) is 1.76. The Morgan fingerprint density at radius 1 is 1.27 bits per heavy atom. The molecule has 0 radical (unpaired) electrons. The topological polar surface area (TPSA) is 39.7 Å². The first-order valence-corrected chi connectivity index (χ1v) is 3.64. The van der Waals surface area contributed by atoms with Crippen LogP contribution in [0.15, 0.2) is 0 Å². The van der Waals surface area contributed by atoms with Gasteiger partial charge in [0.2, 0.25) is 0 Å². The predicted octanol–water partition coefficient (Wildman–Crippen LogP) is -0.0587. The van der Waals surface area contributed by atoms with Crippen molar-refractivity contribution in [2.24, 2.45) is 0 Å². The first kappa shape index (κ1) is 8.93. The number of methoxy groups -OCH3 is 2. The molecule has 1 aliphatic heterocycles. The van der Waals surface area contributed by atoms with Gasteiger partial charge in [-0.15, -0.1) is 0 Å². The van der Waals surface area contributed by atoms with E-state index in [1.165, 1.54) is 0 Å². The number of hydrogen-bond acceptors (Lipinski definition) is 4. The van der Waals surface area contributed by atoms with Crippen LogP contribution in [-0.4, -0.2) is 39.4 Å². The Balaban J connectivity index is 2.27. The summed E-state index contributed by atoms with van der Waals surface area (Å²) in [7, 11) is 3.12. The molecule has 0 spiro atoms. The molecule has 4 heteroatoms. The summed E-state index contributed by atoms with van der Waals surface area (Å²) in [5.74, 6) is 0. The van der Waals surface area contributed by atoms with Crippen LogP contribution in [0.2, 0.25) is 0 Å². The summed E-state index contributed by atoms with van der Waals surface area (Å²) >= 11 is 0. The zero-order valence-corrected chi connectivity index (χ0v) is 7.22. The van der Waals surface area contributed by atoms with Gasteiger partial charge in [0.25, 0.3) is 6.48 Å². The fourth-order valence-electron chi connectivity index (χ4n) is 0.985. The van der Waals surface area contributed by atoms with Gasteiger partial charge in [-0.05, 0) is 6.92 Å². The predicted molar refractivity (Wildman–Crippen MR) is 40.2 cm³/mol. The van der Waals surface area contributed by atoms with Crippen molar-refractivity contribution in [3.05, 3.63) is 0 Å². The van der Waals surface area contributed by atoms with Crippen LogP contribution in [-0.2, 0) is 14.2 Å². The van der Waals surface area contributed by atoms with Gasteiger partial charge in [0.1, 0.15) is 0 Å². The maximum Gasteiger partial charge on any atom is 0.271 e. The van der Waals surface area contributed by atoms with Gasteiger partial charge in [-0.2, -0.15) is 0 Å². The Morgan fingerprint density at radius 3 is 2.09 bits per heavy atom. The summed E-state index contributed by atoms with van der Waals surface area (Å²) in [6.45, 7) is 3.20. The molecular formula is C7H15NO3. The molecule has 1 heterocycles. The molecule has 0 aromatic rings. The van der Waals surface area contributed by atoms with Crippen molar-refractivity contribution in [3.63, 3.8) is 0 Å². The average molecular weight is 161 g/mol. The van der Waals surface area contributed by atoms with Gasteiger partial charge in [-0.25, -0.2) is 0 Å². The maximum atomic E-state index is 5.47. The van der Waals surface area contributed by atoms with Crippen molar-refractivity contribution >= 4 is 0 Å². The third kappa shape index (κ3) is 2.13. The van der Waals surface area contributed by atoms with E-state index in [1.54, 1.807) is 14.2 Å². The summed E-state index contributed by atoms with van der Waals surface area (Å²) in [6, 6.07) is 0. The Bertz CT molecular complexity index is 121. The normalized spacial score (nSPS) is 21.8. The zero-order chi connectivity index (χ0) is 8.32. The van der Waals surface area contributed by atoms with E-state index in [-0.39, 0.29) is 5.60 Å². The average Bonchev–Trinajstić information content (AvgIpc) is 1.97. The highest BCUT2D eigenvalue weighted by Gasteiger charge is 2.35. The largest absolute Gasteiger partial charge is 0.333 e. The lowest BCUT2D eigenvalue weighted by atomic mass is 10.0. The molecule has 1 aliphatic rings. The van der Waals surface area contributed by atoms with Crippen LogP contribution >= 0.6 is 0 Å². The molecular weight excluding hydrogens is 146 g/mol. The summed E-state index contributed by atoms with van der Waals surface area (Å²) in [5, 5.41) is 3.12. The molecule has 0 aliphatic carbocycles. The highest BCUT2D eigenvalue weighted by atomic mass is 16.8. The molecule has 0 aromatic carbocycles. The fraction of sp³-hybridized carbons (Fsp3) is 1.00. The summed E-state index contributed by atoms with van der Waals surface area (Å²) < 4.78 is 15.3. The second kappa shape index (κ2) is 3.49. The van der Waals surface area contributed by atoms with E-state index in [1.807, 2.05) is 6.92 Å². The van der Waals surface area contributed by atoms with Crippen LogP contribution in [0.3, 0.4) is 0 Å². The van der Waals surface area contributed by atoms with Crippen LogP contribution in [0.1, 0.15) is 6.92 Å². The zero-order valence-electron chi connectivity index (χ0n) is 7.22. The van der Waals surface area contributed by atoms with Crippen LogP contribution in [0.25, 0.3) is 0 Å². The van der Waals surface area contributed by atoms with Crippen LogP contribution < -0.4 is 5.32 Å². The van der Waals surface area contributed by atoms with E-state index in [9.17, 15) is 0 Å². The Kier molecular flexibility index (Phi) is 2.84. The molecule has 1 saturated heterocycles. The molecule has 1 rings (SSSR count). The number of rotatable bonds is 4. The van der Waals surface area contributed by atoms with Crippen molar-refractivity contribution in [1.29, 1.82) is 0 Å². The Labute approximate surface area is 66.8 Å². The molecule has 0 amide bonds. The van der Waals surface area contributed by atoms with E-state index in [0.29, 0.717) is 0 Å². The number of nitrogens with one attached hydrogen (secondary N) is 1. The van der Waals surface area contributed by atoms with E-state index in [0.717, 1.165) is 13.1 Å². The lowest BCUT2D eigenvalue weighted by molar-refractivity contribution is -0.313. The molecule has 1 N–H and O–H groups in total. The molecule has 0 unspecified atom stereocenters. The first-order chi connectivity index (χ1) is 5.20. The minimum atomic E-state index is -0.540. The molecule has 11 heavy (non-hydrogen) atoms. The second-order valence-corrected chi connectivity index (χ2v) is 2.93. The SMILES string of the molecule is COC(OC)OC1(C)CNC1. The molecule has 0 bridgehead atoms. The lowest BCUT2D eigenvalue weighted by Crippen LogP contribution is -2.60. The molecule has 4 nitrogen and oxygen atoms in total. The molecule has 0 saturated carbocycles. The second-order valence-electron chi connectivity index (χ2n) is 2.93. The van der Waals surface area contributed by atoms with Crippen LogP contribution in [0.5, 0.6) is 0 Å². The van der Waals surface area contributed by atoms with E-state index >= 15 is 0 Å². The summed E-state index contributed by atoms with van der Waals surface area (Å²) in [6.07, 6.45) is 0. The Hall–Kier alpha value is -0.160. The Morgan fingerprint density at radius 2 is 1.82 bits per heavy atom. The van der Waals surface area contributed by atoms with E-state index < -0.39 is 6.48 Å². The van der Waals surface area contributed by atoms with Crippen molar-refractivity contribution in [3.8, 4) is 0 Å². The maximum absolute atomic E-state index is 5.47. The standard InChI is InChI=1S/C7H15NO3/c1-7(4-8-5-7)11-6(9-2)10-3/h6,8H,4-5H2,1-3H3. The summed E-state index contributed by atoms with van der Waals surface area (Å²) in [4.78, 5) is 0. The van der Waals surface area contributed by atoms with E-state index in [2.05, 4.69) is 5.32 Å². The van der Waals surface area contributed by atoms with Crippen LogP contribution in [0.4, 0.5) is 0 Å². The summed E-state index contributed by atoms with van der Waals surface area (Å²) in [5.41, 5.74) is -0.114. The highest BCUT2D eigenvalue weighted by Crippen LogP contribution is 2.17. The van der Waals surface area contributed by atoms with E-state index in [4.69, 9.17) is 14.2 Å². The monoisotopic (exact) mass is 161 g/mol. The number of hydrogen-bond donors (Lipinski definition) is 1. The van der Waals surface area contributed by atoms with Crippen molar-refractivity contribution < 1.29 is 14.2 Å². The van der Waals surface area contributed by atoms with Gasteiger partial charge in [0.05, 0.1) is 5.60 Å². The quantitative estimate of drug-likeness (QED) is 0.586. The van der Waals surface area contributed by atoms with Gasteiger partial charge < -0.3 is 19.5 Å². The molecule has 1 fully saturated rings. The number of ether oxygens (including phenoxy) is 3. The van der Waals surface area contributed by atoms with Crippen molar-refractivity contribution in [1.82, 2.24) is 5.32 Å². The minimum absolute atomic E-state index is 0.114. The molecule has 66 valence electrons. The fourth-order valence-corrected chi connectivity index (χ4v) is 0.985. The van der Waals surface area contributed by atoms with Gasteiger partial charge in [0, 0.05) is 27.3 Å². The molecule has 0 aromatic heterocycles. The smallest absolute Gasteiger partial charge is 0.271 e. The lowest BCUT2D eigenvalue weighted by Gasteiger charge is -2.40.